The van der Waals surface area contributed by atoms with E-state index in [-0.39, 0.29) is 18.5 Å². The van der Waals surface area contributed by atoms with Crippen LogP contribution in [0.25, 0.3) is 0 Å². The van der Waals surface area contributed by atoms with Crippen LogP contribution in [0.1, 0.15) is 36.6 Å². The molecule has 27 heavy (non-hydrogen) atoms. The van der Waals surface area contributed by atoms with E-state index >= 15 is 0 Å². The van der Waals surface area contributed by atoms with Crippen molar-refractivity contribution in [2.75, 3.05) is 20.6 Å². The molecule has 1 unspecified atom stereocenters. The van der Waals surface area contributed by atoms with Crippen molar-refractivity contribution in [3.8, 4) is 0 Å². The van der Waals surface area contributed by atoms with E-state index in [4.69, 9.17) is 0 Å². The van der Waals surface area contributed by atoms with E-state index in [9.17, 15) is 4.79 Å². The highest BCUT2D eigenvalue weighted by Crippen LogP contribution is 2.13. The molecular formula is C22H30N4O. The Morgan fingerprint density at radius 3 is 2.30 bits per heavy atom. The minimum Gasteiger partial charge on any atom is -0.350 e. The molecule has 2 N–H and O–H groups in total. The highest BCUT2D eigenvalue weighted by Gasteiger charge is 2.10. The van der Waals surface area contributed by atoms with Gasteiger partial charge in [-0.15, -0.1) is 0 Å². The fourth-order valence-electron chi connectivity index (χ4n) is 2.55. The van der Waals surface area contributed by atoms with E-state index in [2.05, 4.69) is 53.7 Å². The first-order valence-corrected chi connectivity index (χ1v) is 9.37. The Hall–Kier alpha value is -2.82. The fraction of sp³-hybridized carbons (Fsp3) is 0.364. The van der Waals surface area contributed by atoms with Crippen LogP contribution in [0.15, 0.2) is 59.6 Å². The van der Waals surface area contributed by atoms with Gasteiger partial charge in [-0.2, -0.15) is 0 Å². The average molecular weight is 367 g/mol. The lowest BCUT2D eigenvalue weighted by Crippen LogP contribution is -2.43. The number of carbonyl (C=O) groups is 1. The van der Waals surface area contributed by atoms with Gasteiger partial charge in [-0.1, -0.05) is 61.5 Å². The van der Waals surface area contributed by atoms with E-state index in [1.165, 1.54) is 11.1 Å². The summed E-state index contributed by atoms with van der Waals surface area (Å²) in [6.07, 6.45) is 1.03. The third-order valence-electron chi connectivity index (χ3n) is 4.41. The van der Waals surface area contributed by atoms with E-state index < -0.39 is 0 Å². The van der Waals surface area contributed by atoms with E-state index in [0.29, 0.717) is 12.5 Å². The summed E-state index contributed by atoms with van der Waals surface area (Å²) < 4.78 is 0. The predicted octanol–water partition coefficient (Wildman–Crippen LogP) is 3.13. The lowest BCUT2D eigenvalue weighted by molar-refractivity contribution is -0.127. The van der Waals surface area contributed by atoms with Crippen molar-refractivity contribution < 1.29 is 4.79 Å². The zero-order chi connectivity index (χ0) is 19.6. The molecule has 1 atom stereocenters. The van der Waals surface area contributed by atoms with Gasteiger partial charge in [0.15, 0.2) is 5.96 Å². The molecule has 5 heteroatoms. The summed E-state index contributed by atoms with van der Waals surface area (Å²) >= 11 is 0. The quantitative estimate of drug-likeness (QED) is 0.585. The Labute approximate surface area is 162 Å². The molecule has 5 nitrogen and oxygen atoms in total. The zero-order valence-corrected chi connectivity index (χ0v) is 16.7. The second kappa shape index (κ2) is 10.4. The third kappa shape index (κ3) is 6.77. The Balaban J connectivity index is 2.08. The number of hydrogen-bond acceptors (Lipinski definition) is 2. The Morgan fingerprint density at radius 2 is 1.70 bits per heavy atom. The first-order chi connectivity index (χ1) is 13.0. The molecule has 0 heterocycles. The van der Waals surface area contributed by atoms with Crippen molar-refractivity contribution in [3.05, 3.63) is 71.3 Å². The predicted molar refractivity (Wildman–Crippen MR) is 112 cm³/mol. The third-order valence-corrected chi connectivity index (χ3v) is 4.41. The summed E-state index contributed by atoms with van der Waals surface area (Å²) in [5.41, 5.74) is 3.62. The number of nitrogens with zero attached hydrogens (tertiary/aromatic N) is 2. The molecule has 2 rings (SSSR count). The first-order valence-electron chi connectivity index (χ1n) is 9.37. The van der Waals surface area contributed by atoms with Crippen LogP contribution in [0.5, 0.6) is 0 Å². The maximum Gasteiger partial charge on any atom is 0.241 e. The first kappa shape index (κ1) is 20.5. The molecule has 0 saturated heterocycles. The number of likely N-dealkylation sites (N-methyl/N-ethyl adjacent to an activating group) is 1. The number of benzene rings is 2. The van der Waals surface area contributed by atoms with Crippen LogP contribution in [0.3, 0.4) is 0 Å². The molecule has 0 aliphatic carbocycles. The second-order valence-corrected chi connectivity index (χ2v) is 6.75. The van der Waals surface area contributed by atoms with Crippen molar-refractivity contribution >= 4 is 11.9 Å². The average Bonchev–Trinajstić information content (AvgIpc) is 2.70. The van der Waals surface area contributed by atoms with Gasteiger partial charge < -0.3 is 15.5 Å². The van der Waals surface area contributed by atoms with Crippen molar-refractivity contribution in [2.24, 2.45) is 4.99 Å². The van der Waals surface area contributed by atoms with Gasteiger partial charge in [-0.05, 0) is 30.0 Å². The van der Waals surface area contributed by atoms with Gasteiger partial charge in [0.05, 0.1) is 19.1 Å². The Bertz CT molecular complexity index is 739. The Kier molecular flexibility index (Phi) is 7.86. The molecule has 0 aliphatic rings. The van der Waals surface area contributed by atoms with Crippen LogP contribution in [0.4, 0.5) is 0 Å². The van der Waals surface area contributed by atoms with Gasteiger partial charge in [-0.3, -0.25) is 4.79 Å². The molecule has 0 saturated carbocycles. The van der Waals surface area contributed by atoms with Crippen LogP contribution in [0, 0.1) is 0 Å². The van der Waals surface area contributed by atoms with Gasteiger partial charge in [0.2, 0.25) is 5.91 Å². The molecule has 1 amide bonds. The summed E-state index contributed by atoms with van der Waals surface area (Å²) in [6.45, 7) is 4.99. The zero-order valence-electron chi connectivity index (χ0n) is 16.7. The number of rotatable bonds is 7. The Morgan fingerprint density at radius 1 is 1.04 bits per heavy atom. The number of aryl methyl sites for hydroxylation is 1. The van der Waals surface area contributed by atoms with Gasteiger partial charge in [0, 0.05) is 14.1 Å². The van der Waals surface area contributed by atoms with E-state index in [1.807, 2.05) is 30.3 Å². The highest BCUT2D eigenvalue weighted by atomic mass is 16.2. The molecule has 0 spiro atoms. The smallest absolute Gasteiger partial charge is 0.241 e. The van der Waals surface area contributed by atoms with Crippen molar-refractivity contribution in [1.29, 1.82) is 0 Å². The SMILES string of the molecule is CCc1ccc(C(C)NC(=NCc2ccccc2)NCC(=O)N(C)C)cc1. The molecule has 0 aliphatic heterocycles. The maximum atomic E-state index is 11.9. The van der Waals surface area contributed by atoms with Crippen LogP contribution in [-0.2, 0) is 17.8 Å². The monoisotopic (exact) mass is 366 g/mol. The lowest BCUT2D eigenvalue weighted by atomic mass is 10.1. The maximum absolute atomic E-state index is 11.9. The number of amides is 1. The number of guanidine groups is 1. The summed E-state index contributed by atoms with van der Waals surface area (Å²) in [5, 5.41) is 6.55. The number of aliphatic imine (C=N–C) groups is 1. The number of carbonyl (C=O) groups excluding carboxylic acids is 1. The largest absolute Gasteiger partial charge is 0.350 e. The molecular weight excluding hydrogens is 336 g/mol. The number of hydrogen-bond donors (Lipinski definition) is 2. The van der Waals surface area contributed by atoms with Crippen LogP contribution in [0.2, 0.25) is 0 Å². The lowest BCUT2D eigenvalue weighted by Gasteiger charge is -2.20. The fourth-order valence-corrected chi connectivity index (χ4v) is 2.55. The van der Waals surface area contributed by atoms with Gasteiger partial charge in [0.1, 0.15) is 0 Å². The summed E-state index contributed by atoms with van der Waals surface area (Å²) in [7, 11) is 3.49. The molecule has 2 aromatic carbocycles. The second-order valence-electron chi connectivity index (χ2n) is 6.75. The molecule has 0 radical (unpaired) electrons. The van der Waals surface area contributed by atoms with Crippen LogP contribution >= 0.6 is 0 Å². The normalized spacial score (nSPS) is 12.4. The van der Waals surface area contributed by atoms with Gasteiger partial charge >= 0.3 is 0 Å². The minimum absolute atomic E-state index is 0.00385. The van der Waals surface area contributed by atoms with E-state index in [0.717, 1.165) is 12.0 Å². The van der Waals surface area contributed by atoms with Gasteiger partial charge in [-0.25, -0.2) is 4.99 Å². The van der Waals surface area contributed by atoms with Crippen LogP contribution in [-0.4, -0.2) is 37.4 Å². The van der Waals surface area contributed by atoms with Crippen molar-refractivity contribution in [2.45, 2.75) is 32.9 Å². The minimum atomic E-state index is 0.00385. The number of nitrogens with one attached hydrogen (secondary N) is 2. The van der Waals surface area contributed by atoms with Gasteiger partial charge in [0.25, 0.3) is 0 Å². The summed E-state index contributed by atoms with van der Waals surface area (Å²) in [4.78, 5) is 18.1. The van der Waals surface area contributed by atoms with Crippen molar-refractivity contribution in [3.63, 3.8) is 0 Å². The molecule has 144 valence electrons. The standard InChI is InChI=1S/C22H30N4O/c1-5-18-11-13-20(14-12-18)17(2)25-22(24-16-21(27)26(3)4)23-15-19-9-7-6-8-10-19/h6-14,17H,5,15-16H2,1-4H3,(H2,23,24,25). The van der Waals surface area contributed by atoms with Crippen LogP contribution < -0.4 is 10.6 Å². The topological polar surface area (TPSA) is 56.7 Å². The molecule has 0 fully saturated rings. The summed E-state index contributed by atoms with van der Waals surface area (Å²) in [6, 6.07) is 18.7. The molecule has 0 bridgehead atoms. The van der Waals surface area contributed by atoms with Crippen molar-refractivity contribution in [1.82, 2.24) is 15.5 Å². The molecule has 2 aromatic rings. The van der Waals surface area contributed by atoms with E-state index in [1.54, 1.807) is 19.0 Å². The molecule has 0 aromatic heterocycles. The highest BCUT2D eigenvalue weighted by molar-refractivity contribution is 5.86. The summed E-state index contributed by atoms with van der Waals surface area (Å²) in [5.74, 6) is 0.630.